The first-order valence-corrected chi connectivity index (χ1v) is 5.05. The van der Waals surface area contributed by atoms with Crippen LogP contribution in [0.15, 0.2) is 0 Å². The molecular weight excluding hydrogens is 166 g/mol. The summed E-state index contributed by atoms with van der Waals surface area (Å²) >= 11 is 0. The van der Waals surface area contributed by atoms with Gasteiger partial charge in [0.2, 0.25) is 0 Å². The summed E-state index contributed by atoms with van der Waals surface area (Å²) in [5.41, 5.74) is 0. The van der Waals surface area contributed by atoms with Crippen LogP contribution in [-0.2, 0) is 4.79 Å². The van der Waals surface area contributed by atoms with Crippen molar-refractivity contribution in [3.05, 3.63) is 0 Å². The van der Waals surface area contributed by atoms with Crippen LogP contribution in [0.25, 0.3) is 0 Å². The Morgan fingerprint density at radius 1 is 1.62 bits per heavy atom. The molecule has 1 rings (SSSR count). The Labute approximate surface area is 79.5 Å². The molecule has 2 atom stereocenters. The van der Waals surface area contributed by atoms with Gasteiger partial charge in [-0.15, -0.1) is 0 Å². The third-order valence-electron chi connectivity index (χ3n) is 2.62. The molecule has 0 amide bonds. The van der Waals surface area contributed by atoms with E-state index in [1.54, 1.807) is 0 Å². The fourth-order valence-corrected chi connectivity index (χ4v) is 2.07. The van der Waals surface area contributed by atoms with Crippen molar-refractivity contribution < 1.29 is 9.90 Å². The van der Waals surface area contributed by atoms with E-state index in [0.29, 0.717) is 11.8 Å². The van der Waals surface area contributed by atoms with Crippen LogP contribution in [0.1, 0.15) is 33.1 Å². The van der Waals surface area contributed by atoms with Gasteiger partial charge in [-0.25, -0.2) is 0 Å². The minimum absolute atomic E-state index is 0.308. The maximum atomic E-state index is 10.7. The lowest BCUT2D eigenvalue weighted by Crippen LogP contribution is -2.43. The molecule has 1 aliphatic heterocycles. The van der Waals surface area contributed by atoms with Crippen molar-refractivity contribution in [1.29, 1.82) is 0 Å². The molecule has 1 saturated heterocycles. The standard InChI is InChI=1S/C10H19NO2/c1-7(2)5-8-3-4-11-9(6-8)10(12)13/h7-9,11H,3-6H2,1-2H3,(H,12,13). The average Bonchev–Trinajstić information content (AvgIpc) is 2.03. The first-order valence-electron chi connectivity index (χ1n) is 5.05. The van der Waals surface area contributed by atoms with Crippen molar-refractivity contribution in [3.63, 3.8) is 0 Å². The Kier molecular flexibility index (Phi) is 3.72. The maximum absolute atomic E-state index is 10.7. The summed E-state index contributed by atoms with van der Waals surface area (Å²) in [6, 6.07) is -0.308. The van der Waals surface area contributed by atoms with Gasteiger partial charge in [0, 0.05) is 0 Å². The van der Waals surface area contributed by atoms with Gasteiger partial charge in [-0.05, 0) is 37.6 Å². The van der Waals surface area contributed by atoms with E-state index < -0.39 is 5.97 Å². The fraction of sp³-hybridized carbons (Fsp3) is 0.900. The highest BCUT2D eigenvalue weighted by Gasteiger charge is 2.26. The lowest BCUT2D eigenvalue weighted by molar-refractivity contribution is -0.140. The predicted molar refractivity (Wildman–Crippen MR) is 51.6 cm³/mol. The van der Waals surface area contributed by atoms with Crippen LogP contribution in [0.5, 0.6) is 0 Å². The largest absolute Gasteiger partial charge is 0.480 e. The molecule has 0 radical (unpaired) electrons. The molecule has 0 aliphatic carbocycles. The molecule has 0 aromatic carbocycles. The van der Waals surface area contributed by atoms with E-state index in [4.69, 9.17) is 5.11 Å². The van der Waals surface area contributed by atoms with Crippen LogP contribution in [0, 0.1) is 11.8 Å². The summed E-state index contributed by atoms with van der Waals surface area (Å²) in [6.07, 6.45) is 3.08. The number of carboxylic acid groups (broad SMARTS) is 1. The molecular formula is C10H19NO2. The highest BCUT2D eigenvalue weighted by Crippen LogP contribution is 2.23. The second kappa shape index (κ2) is 4.61. The molecule has 0 spiro atoms. The summed E-state index contributed by atoms with van der Waals surface area (Å²) in [6.45, 7) is 5.24. The smallest absolute Gasteiger partial charge is 0.320 e. The molecule has 1 heterocycles. The second-order valence-corrected chi connectivity index (χ2v) is 4.36. The van der Waals surface area contributed by atoms with Gasteiger partial charge in [0.15, 0.2) is 0 Å². The first-order chi connectivity index (χ1) is 6.09. The normalized spacial score (nSPS) is 29.2. The number of nitrogens with one attached hydrogen (secondary N) is 1. The molecule has 1 aliphatic rings. The van der Waals surface area contributed by atoms with E-state index in [9.17, 15) is 4.79 Å². The molecule has 3 heteroatoms. The zero-order valence-electron chi connectivity index (χ0n) is 8.42. The first kappa shape index (κ1) is 10.5. The predicted octanol–water partition coefficient (Wildman–Crippen LogP) is 1.49. The summed E-state index contributed by atoms with van der Waals surface area (Å²) in [7, 11) is 0. The van der Waals surface area contributed by atoms with Gasteiger partial charge in [0.05, 0.1) is 0 Å². The molecule has 3 nitrogen and oxygen atoms in total. The number of hydrogen-bond acceptors (Lipinski definition) is 2. The highest BCUT2D eigenvalue weighted by atomic mass is 16.4. The van der Waals surface area contributed by atoms with Gasteiger partial charge in [0.25, 0.3) is 0 Å². The monoisotopic (exact) mass is 185 g/mol. The van der Waals surface area contributed by atoms with Gasteiger partial charge in [0.1, 0.15) is 6.04 Å². The highest BCUT2D eigenvalue weighted by molar-refractivity contribution is 5.73. The van der Waals surface area contributed by atoms with Crippen molar-refractivity contribution >= 4 is 5.97 Å². The molecule has 0 bridgehead atoms. The molecule has 76 valence electrons. The van der Waals surface area contributed by atoms with E-state index in [0.717, 1.165) is 25.8 Å². The third-order valence-corrected chi connectivity index (χ3v) is 2.62. The molecule has 13 heavy (non-hydrogen) atoms. The minimum atomic E-state index is -0.701. The van der Waals surface area contributed by atoms with Crippen molar-refractivity contribution in [3.8, 4) is 0 Å². The molecule has 0 aromatic rings. The van der Waals surface area contributed by atoms with E-state index in [-0.39, 0.29) is 6.04 Å². The molecule has 2 unspecified atom stereocenters. The van der Waals surface area contributed by atoms with Gasteiger partial charge < -0.3 is 10.4 Å². The topological polar surface area (TPSA) is 49.3 Å². The number of carboxylic acids is 1. The van der Waals surface area contributed by atoms with E-state index in [1.165, 1.54) is 0 Å². The van der Waals surface area contributed by atoms with Crippen LogP contribution in [0.2, 0.25) is 0 Å². The molecule has 2 N–H and O–H groups in total. The Hall–Kier alpha value is -0.570. The lowest BCUT2D eigenvalue weighted by atomic mass is 9.86. The van der Waals surface area contributed by atoms with Crippen molar-refractivity contribution in [2.24, 2.45) is 11.8 Å². The quantitative estimate of drug-likeness (QED) is 0.700. The third kappa shape index (κ3) is 3.35. The molecule has 0 aromatic heterocycles. The zero-order valence-corrected chi connectivity index (χ0v) is 8.42. The Morgan fingerprint density at radius 3 is 2.85 bits per heavy atom. The number of aliphatic carboxylic acids is 1. The van der Waals surface area contributed by atoms with Gasteiger partial charge in [-0.2, -0.15) is 0 Å². The molecule has 0 saturated carbocycles. The van der Waals surface area contributed by atoms with Crippen LogP contribution in [0.3, 0.4) is 0 Å². The van der Waals surface area contributed by atoms with Gasteiger partial charge in [-0.3, -0.25) is 4.79 Å². The summed E-state index contributed by atoms with van der Waals surface area (Å²) in [5, 5.41) is 11.8. The second-order valence-electron chi connectivity index (χ2n) is 4.36. The van der Waals surface area contributed by atoms with Crippen LogP contribution in [0.4, 0.5) is 0 Å². The zero-order chi connectivity index (χ0) is 9.84. The van der Waals surface area contributed by atoms with Crippen molar-refractivity contribution in [1.82, 2.24) is 5.32 Å². The van der Waals surface area contributed by atoms with E-state index in [1.807, 2.05) is 0 Å². The molecule has 1 fully saturated rings. The maximum Gasteiger partial charge on any atom is 0.320 e. The fourth-order valence-electron chi connectivity index (χ4n) is 2.07. The van der Waals surface area contributed by atoms with Crippen molar-refractivity contribution in [2.75, 3.05) is 6.54 Å². The SMILES string of the molecule is CC(C)CC1CCNC(C(=O)O)C1. The van der Waals surface area contributed by atoms with E-state index in [2.05, 4.69) is 19.2 Å². The van der Waals surface area contributed by atoms with Crippen LogP contribution >= 0.6 is 0 Å². The summed E-state index contributed by atoms with van der Waals surface area (Å²) < 4.78 is 0. The van der Waals surface area contributed by atoms with Crippen molar-refractivity contribution in [2.45, 2.75) is 39.2 Å². The number of hydrogen-bond donors (Lipinski definition) is 2. The summed E-state index contributed by atoms with van der Waals surface area (Å²) in [5.74, 6) is 0.577. The number of carbonyl (C=O) groups is 1. The van der Waals surface area contributed by atoms with Gasteiger partial charge >= 0.3 is 5.97 Å². The Balaban J connectivity index is 2.37. The lowest BCUT2D eigenvalue weighted by Gasteiger charge is -2.28. The average molecular weight is 185 g/mol. The van der Waals surface area contributed by atoms with Crippen LogP contribution < -0.4 is 5.32 Å². The van der Waals surface area contributed by atoms with E-state index >= 15 is 0 Å². The number of rotatable bonds is 3. The van der Waals surface area contributed by atoms with Crippen LogP contribution in [-0.4, -0.2) is 23.7 Å². The Bertz CT molecular complexity index is 180. The number of piperidine rings is 1. The Morgan fingerprint density at radius 2 is 2.31 bits per heavy atom. The van der Waals surface area contributed by atoms with Gasteiger partial charge in [-0.1, -0.05) is 13.8 Å². The summed E-state index contributed by atoms with van der Waals surface area (Å²) in [4.78, 5) is 10.7. The minimum Gasteiger partial charge on any atom is -0.480 e.